The van der Waals surface area contributed by atoms with Gasteiger partial charge in [0.25, 0.3) is 5.91 Å². The molecule has 1 atom stereocenters. The van der Waals surface area contributed by atoms with Crippen molar-refractivity contribution in [2.75, 3.05) is 11.4 Å². The van der Waals surface area contributed by atoms with E-state index in [1.807, 2.05) is 24.3 Å². The Balaban J connectivity index is 1.44. The zero-order valence-electron chi connectivity index (χ0n) is 15.4. The molecule has 0 N–H and O–H groups in total. The average Bonchev–Trinajstić information content (AvgIpc) is 3.28. The number of hydrogen-bond acceptors (Lipinski definition) is 6. The summed E-state index contributed by atoms with van der Waals surface area (Å²) >= 11 is 0. The third-order valence-electron chi connectivity index (χ3n) is 4.64. The van der Waals surface area contributed by atoms with Crippen LogP contribution in [0.3, 0.4) is 0 Å². The van der Waals surface area contributed by atoms with Crippen molar-refractivity contribution in [3.63, 3.8) is 0 Å². The molecule has 3 aromatic rings. The normalized spacial score (nSPS) is 14.2. The smallest absolute Gasteiger partial charge is 0.340 e. The maximum atomic E-state index is 12.9. The van der Waals surface area contributed by atoms with Crippen LogP contribution in [-0.2, 0) is 16.0 Å². The molecule has 3 heterocycles. The van der Waals surface area contributed by atoms with Crippen molar-refractivity contribution in [2.24, 2.45) is 0 Å². The van der Waals surface area contributed by atoms with Crippen molar-refractivity contribution in [3.8, 4) is 5.82 Å². The van der Waals surface area contributed by atoms with Crippen LogP contribution >= 0.6 is 0 Å². The SMILES string of the molecule is C[C@@H](OC(=O)c1ccc(-n2cncn2)nc1)C(=O)N1CCCc2ccccc21. The molecule has 0 fully saturated rings. The molecule has 0 aliphatic carbocycles. The van der Waals surface area contributed by atoms with E-state index in [4.69, 9.17) is 4.74 Å². The zero-order chi connectivity index (χ0) is 19.5. The fraction of sp³-hybridized carbons (Fsp3) is 0.250. The molecule has 0 bridgehead atoms. The van der Waals surface area contributed by atoms with E-state index >= 15 is 0 Å². The molecule has 0 radical (unpaired) electrons. The number of hydrogen-bond donors (Lipinski definition) is 0. The van der Waals surface area contributed by atoms with Gasteiger partial charge in [0.1, 0.15) is 12.7 Å². The summed E-state index contributed by atoms with van der Waals surface area (Å²) in [5, 5.41) is 3.98. The third kappa shape index (κ3) is 3.48. The van der Waals surface area contributed by atoms with Crippen molar-refractivity contribution in [3.05, 3.63) is 66.4 Å². The van der Waals surface area contributed by atoms with Gasteiger partial charge in [-0.3, -0.25) is 4.79 Å². The molecule has 8 nitrogen and oxygen atoms in total. The van der Waals surface area contributed by atoms with Crippen LogP contribution in [0.5, 0.6) is 0 Å². The lowest BCUT2D eigenvalue weighted by molar-refractivity contribution is -0.126. The molecular weight excluding hydrogens is 358 g/mol. The molecule has 28 heavy (non-hydrogen) atoms. The maximum absolute atomic E-state index is 12.9. The van der Waals surface area contributed by atoms with E-state index in [9.17, 15) is 9.59 Å². The molecule has 4 rings (SSSR count). The quantitative estimate of drug-likeness (QED) is 0.648. The van der Waals surface area contributed by atoms with Gasteiger partial charge in [0.05, 0.1) is 5.56 Å². The number of fused-ring (bicyclic) bond motifs is 1. The van der Waals surface area contributed by atoms with Crippen LogP contribution < -0.4 is 4.90 Å². The number of ether oxygens (including phenoxy) is 1. The van der Waals surface area contributed by atoms with E-state index in [0.29, 0.717) is 12.4 Å². The second kappa shape index (κ2) is 7.59. The van der Waals surface area contributed by atoms with Gasteiger partial charge in [0, 0.05) is 18.4 Å². The molecule has 1 aliphatic heterocycles. The lowest BCUT2D eigenvalue weighted by atomic mass is 10.0. The number of esters is 1. The Morgan fingerprint density at radius 2 is 2.04 bits per heavy atom. The summed E-state index contributed by atoms with van der Waals surface area (Å²) < 4.78 is 6.87. The lowest BCUT2D eigenvalue weighted by Crippen LogP contribution is -2.42. The minimum Gasteiger partial charge on any atom is -0.449 e. The van der Waals surface area contributed by atoms with Gasteiger partial charge in [0.15, 0.2) is 11.9 Å². The molecule has 0 unspecified atom stereocenters. The molecule has 0 spiro atoms. The van der Waals surface area contributed by atoms with Gasteiger partial charge in [-0.05, 0) is 43.5 Å². The Kier molecular flexibility index (Phi) is 4.84. The third-order valence-corrected chi connectivity index (χ3v) is 4.64. The molecular formula is C20H19N5O3. The highest BCUT2D eigenvalue weighted by Gasteiger charge is 2.28. The van der Waals surface area contributed by atoms with Crippen molar-refractivity contribution in [1.82, 2.24) is 19.7 Å². The summed E-state index contributed by atoms with van der Waals surface area (Å²) in [6, 6.07) is 11.0. The number of carbonyl (C=O) groups is 2. The van der Waals surface area contributed by atoms with Gasteiger partial charge in [-0.2, -0.15) is 5.10 Å². The topological polar surface area (TPSA) is 90.2 Å². The summed E-state index contributed by atoms with van der Waals surface area (Å²) in [4.78, 5) is 35.0. The highest BCUT2D eigenvalue weighted by atomic mass is 16.5. The van der Waals surface area contributed by atoms with E-state index in [1.54, 1.807) is 24.0 Å². The van der Waals surface area contributed by atoms with E-state index in [0.717, 1.165) is 24.1 Å². The van der Waals surface area contributed by atoms with Crippen LogP contribution in [0.25, 0.3) is 5.82 Å². The average molecular weight is 377 g/mol. The fourth-order valence-electron chi connectivity index (χ4n) is 3.23. The van der Waals surface area contributed by atoms with Crippen molar-refractivity contribution < 1.29 is 14.3 Å². The monoisotopic (exact) mass is 377 g/mol. The van der Waals surface area contributed by atoms with E-state index in [2.05, 4.69) is 15.1 Å². The first-order chi connectivity index (χ1) is 13.6. The number of aryl methyl sites for hydroxylation is 1. The second-order valence-corrected chi connectivity index (χ2v) is 6.51. The minimum atomic E-state index is -0.895. The number of carbonyl (C=O) groups excluding carboxylic acids is 2. The summed E-state index contributed by atoms with van der Waals surface area (Å²) in [6.07, 6.45) is 5.24. The number of pyridine rings is 1. The Morgan fingerprint density at radius 1 is 1.18 bits per heavy atom. The van der Waals surface area contributed by atoms with Gasteiger partial charge >= 0.3 is 5.97 Å². The largest absolute Gasteiger partial charge is 0.449 e. The van der Waals surface area contributed by atoms with Gasteiger partial charge < -0.3 is 9.64 Å². The minimum absolute atomic E-state index is 0.229. The number of amides is 1. The van der Waals surface area contributed by atoms with Gasteiger partial charge in [-0.1, -0.05) is 18.2 Å². The first-order valence-electron chi connectivity index (χ1n) is 9.05. The predicted octanol–water partition coefficient (Wildman–Crippen LogP) is 2.19. The molecule has 1 aromatic carbocycles. The fourth-order valence-corrected chi connectivity index (χ4v) is 3.23. The van der Waals surface area contributed by atoms with Crippen molar-refractivity contribution in [2.45, 2.75) is 25.9 Å². The Labute approximate surface area is 161 Å². The summed E-state index contributed by atoms with van der Waals surface area (Å²) in [7, 11) is 0. The molecule has 2 aromatic heterocycles. The highest BCUT2D eigenvalue weighted by molar-refractivity contribution is 5.99. The molecule has 0 saturated carbocycles. The number of aromatic nitrogens is 4. The van der Waals surface area contributed by atoms with Crippen LogP contribution in [0.4, 0.5) is 5.69 Å². The predicted molar refractivity (Wildman–Crippen MR) is 101 cm³/mol. The number of anilines is 1. The van der Waals surface area contributed by atoms with Gasteiger partial charge in [0.2, 0.25) is 0 Å². The Bertz CT molecular complexity index is 985. The first-order valence-corrected chi connectivity index (χ1v) is 9.05. The summed E-state index contributed by atoms with van der Waals surface area (Å²) in [6.45, 7) is 2.21. The zero-order valence-corrected chi connectivity index (χ0v) is 15.4. The highest BCUT2D eigenvalue weighted by Crippen LogP contribution is 2.27. The van der Waals surface area contributed by atoms with E-state index in [-0.39, 0.29) is 11.5 Å². The van der Waals surface area contributed by atoms with Crippen molar-refractivity contribution >= 4 is 17.6 Å². The lowest BCUT2D eigenvalue weighted by Gasteiger charge is -2.31. The van der Waals surface area contributed by atoms with Crippen molar-refractivity contribution in [1.29, 1.82) is 0 Å². The van der Waals surface area contributed by atoms with E-state index in [1.165, 1.54) is 23.5 Å². The van der Waals surface area contributed by atoms with E-state index < -0.39 is 12.1 Å². The van der Waals surface area contributed by atoms with Gasteiger partial charge in [-0.25, -0.2) is 19.4 Å². The first kappa shape index (κ1) is 17.8. The number of nitrogens with zero attached hydrogens (tertiary/aromatic N) is 5. The molecule has 1 amide bonds. The summed E-state index contributed by atoms with van der Waals surface area (Å²) in [5.41, 5.74) is 2.29. The standard InChI is InChI=1S/C20H19N5O3/c1-14(19(26)24-10-4-6-15-5-2-3-7-17(15)24)28-20(27)16-8-9-18(22-11-16)25-13-21-12-23-25/h2-3,5,7-9,11-14H,4,6,10H2,1H3/t14-/m1/s1. The van der Waals surface area contributed by atoms with Crippen LogP contribution in [0.15, 0.2) is 55.2 Å². The molecule has 8 heteroatoms. The van der Waals surface area contributed by atoms with Crippen LogP contribution in [0.2, 0.25) is 0 Å². The van der Waals surface area contributed by atoms with Crippen LogP contribution in [0, 0.1) is 0 Å². The Morgan fingerprint density at radius 3 is 2.79 bits per heavy atom. The number of rotatable bonds is 4. The Hall–Kier alpha value is -3.55. The molecule has 1 aliphatic rings. The molecule has 142 valence electrons. The van der Waals surface area contributed by atoms with Gasteiger partial charge in [-0.15, -0.1) is 0 Å². The number of para-hydroxylation sites is 1. The molecule has 0 saturated heterocycles. The number of benzene rings is 1. The van der Waals surface area contributed by atoms with Crippen LogP contribution in [0.1, 0.15) is 29.3 Å². The maximum Gasteiger partial charge on any atom is 0.340 e. The van der Waals surface area contributed by atoms with Crippen LogP contribution in [-0.4, -0.2) is 44.3 Å². The summed E-state index contributed by atoms with van der Waals surface area (Å²) in [5.74, 6) is -0.292. The second-order valence-electron chi connectivity index (χ2n) is 6.51.